The number of pyridine rings is 1. The zero-order valence-corrected chi connectivity index (χ0v) is 21.4. The van der Waals surface area contributed by atoms with Crippen LogP contribution in [0.2, 0.25) is 5.02 Å². The minimum absolute atomic E-state index is 0.0550. The first-order valence-electron chi connectivity index (χ1n) is 9.92. The molecule has 3 aromatic rings. The van der Waals surface area contributed by atoms with Crippen molar-refractivity contribution in [1.29, 1.82) is 0 Å². The molecule has 0 amide bonds. The summed E-state index contributed by atoms with van der Waals surface area (Å²) in [6.45, 7) is 0.946. The molecule has 3 N–H and O–H groups in total. The van der Waals surface area contributed by atoms with Crippen molar-refractivity contribution < 1.29 is 24.1 Å². The van der Waals surface area contributed by atoms with Gasteiger partial charge in [0.15, 0.2) is 19.0 Å². The second-order valence-corrected chi connectivity index (χ2v) is 11.4. The van der Waals surface area contributed by atoms with Crippen LogP contribution in [-0.2, 0) is 9.47 Å². The van der Waals surface area contributed by atoms with Gasteiger partial charge in [-0.2, -0.15) is 4.98 Å². The maximum atomic E-state index is 10.3. The molecule has 1 unspecified atom stereocenters. The van der Waals surface area contributed by atoms with Crippen molar-refractivity contribution in [3.63, 3.8) is 0 Å². The number of aromatic nitrogens is 3. The van der Waals surface area contributed by atoms with Crippen molar-refractivity contribution in [3.8, 4) is 11.8 Å². The summed E-state index contributed by atoms with van der Waals surface area (Å²) in [5.74, 6) is 1.38. The number of fused-ring (bicyclic) bond motifs is 3. The van der Waals surface area contributed by atoms with Crippen molar-refractivity contribution in [2.45, 2.75) is 25.5 Å². The van der Waals surface area contributed by atoms with Gasteiger partial charge in [0.25, 0.3) is 6.01 Å². The number of aliphatic hydroxyl groups is 1. The number of benzene rings is 1. The number of para-hydroxylation sites is 1. The number of anilines is 1. The van der Waals surface area contributed by atoms with Gasteiger partial charge in [-0.05, 0) is 57.3 Å². The number of nitrogens with one attached hydrogen (secondary N) is 2. The molecule has 12 heteroatoms. The monoisotopic (exact) mass is 682 g/mol. The van der Waals surface area contributed by atoms with E-state index >= 15 is 0 Å². The number of alkyl halides is 2. The van der Waals surface area contributed by atoms with E-state index in [1.807, 2.05) is 24.3 Å². The third-order valence-corrected chi connectivity index (χ3v) is 10.8. The molecular weight excluding hydrogens is 666 g/mol. The van der Waals surface area contributed by atoms with E-state index in [4.69, 9.17) is 30.5 Å². The third kappa shape index (κ3) is 3.19. The van der Waals surface area contributed by atoms with Gasteiger partial charge in [0.2, 0.25) is 0 Å². The fourth-order valence-corrected chi connectivity index (χ4v) is 6.26. The van der Waals surface area contributed by atoms with Gasteiger partial charge in [-0.1, -0.05) is 29.8 Å². The Morgan fingerprint density at radius 3 is 2.84 bits per heavy atom. The van der Waals surface area contributed by atoms with E-state index in [9.17, 15) is 5.11 Å². The van der Waals surface area contributed by atoms with Crippen LogP contribution in [0.1, 0.15) is 11.6 Å². The zero-order chi connectivity index (χ0) is 22.1. The molecule has 168 valence electrons. The van der Waals surface area contributed by atoms with Crippen LogP contribution in [-0.4, -0.2) is 59.3 Å². The highest BCUT2D eigenvalue weighted by atomic mass is 127. The van der Waals surface area contributed by atoms with Gasteiger partial charge in [0, 0.05) is 5.56 Å². The number of aromatic amines is 1. The zero-order valence-electron chi connectivity index (χ0n) is 16.3. The van der Waals surface area contributed by atoms with E-state index in [2.05, 4.69) is 65.5 Å². The number of aliphatic hydroxyl groups excluding tert-OH is 1. The van der Waals surface area contributed by atoms with Gasteiger partial charge in [-0.15, -0.1) is 0 Å². The predicted molar refractivity (Wildman–Crippen MR) is 133 cm³/mol. The van der Waals surface area contributed by atoms with Crippen LogP contribution in [0.15, 0.2) is 30.3 Å². The minimum Gasteiger partial charge on any atom is -0.491 e. The van der Waals surface area contributed by atoms with E-state index in [1.165, 1.54) is 0 Å². The maximum absolute atomic E-state index is 10.3. The molecule has 3 aliphatic rings. The number of hydrogen-bond donors (Lipinski definition) is 3. The fourth-order valence-electron chi connectivity index (χ4n) is 4.19. The number of hydrogen-bond acceptors (Lipinski definition) is 8. The standard InChI is InChI=1S/C20H17ClI2N4O5/c21-10-5-11-17(26-16(10)24-12-6-29-13-4-2-1-3-9(12)13)27-18(25-11)32-15-8-31-19(22)14(28)7-30-20(15,19)23/h1-5,12,14-15,28H,6-8H2,(H2,24,25,26,27)/t12?,14-,15-,19-,20-/m1/s1. The predicted octanol–water partition coefficient (Wildman–Crippen LogP) is 3.59. The van der Waals surface area contributed by atoms with E-state index in [1.54, 1.807) is 6.07 Å². The van der Waals surface area contributed by atoms with Gasteiger partial charge < -0.3 is 34.4 Å². The molecule has 1 aromatic carbocycles. The Labute approximate surface area is 214 Å². The summed E-state index contributed by atoms with van der Waals surface area (Å²) in [5.41, 5.74) is 2.17. The first-order valence-corrected chi connectivity index (χ1v) is 12.5. The average Bonchev–Trinajstić information content (AvgIpc) is 3.48. The Hall–Kier alpha value is -1.13. The number of ether oxygens (including phenoxy) is 4. The molecule has 2 saturated heterocycles. The Balaban J connectivity index is 1.25. The molecule has 2 fully saturated rings. The van der Waals surface area contributed by atoms with Gasteiger partial charge >= 0.3 is 0 Å². The van der Waals surface area contributed by atoms with Gasteiger partial charge in [-0.3, -0.25) is 0 Å². The van der Waals surface area contributed by atoms with Crippen molar-refractivity contribution >= 4 is 73.8 Å². The van der Waals surface area contributed by atoms with Crippen LogP contribution < -0.4 is 14.8 Å². The molecule has 0 spiro atoms. The van der Waals surface area contributed by atoms with Crippen molar-refractivity contribution in [3.05, 3.63) is 40.9 Å². The number of imidazole rings is 1. The lowest BCUT2D eigenvalue weighted by Crippen LogP contribution is -2.50. The summed E-state index contributed by atoms with van der Waals surface area (Å²) in [6, 6.07) is 9.87. The molecule has 9 nitrogen and oxygen atoms in total. The quantitative estimate of drug-likeness (QED) is 0.283. The van der Waals surface area contributed by atoms with Crippen molar-refractivity contribution in [2.24, 2.45) is 0 Å². The van der Waals surface area contributed by atoms with E-state index in [0.717, 1.165) is 11.3 Å². The Bertz CT molecular complexity index is 1210. The lowest BCUT2D eigenvalue weighted by molar-refractivity contribution is 0.000676. The molecule has 0 saturated carbocycles. The van der Waals surface area contributed by atoms with Crippen LogP contribution in [0.3, 0.4) is 0 Å². The highest BCUT2D eigenvalue weighted by Crippen LogP contribution is 2.55. The fraction of sp³-hybridized carbons (Fsp3) is 0.400. The van der Waals surface area contributed by atoms with E-state index < -0.39 is 19.4 Å². The summed E-state index contributed by atoms with van der Waals surface area (Å²) < 4.78 is 21.8. The molecule has 0 aliphatic carbocycles. The Kier molecular flexibility index (Phi) is 5.15. The molecule has 32 heavy (non-hydrogen) atoms. The Morgan fingerprint density at radius 1 is 1.16 bits per heavy atom. The molecule has 0 bridgehead atoms. The summed E-state index contributed by atoms with van der Waals surface area (Å²) in [5, 5.41) is 14.1. The van der Waals surface area contributed by atoms with Crippen molar-refractivity contribution in [1.82, 2.24) is 15.0 Å². The average molecular weight is 683 g/mol. The molecule has 5 atom stereocenters. The highest BCUT2D eigenvalue weighted by Gasteiger charge is 2.69. The van der Waals surface area contributed by atoms with Crippen LogP contribution in [0.4, 0.5) is 5.82 Å². The van der Waals surface area contributed by atoms with Crippen molar-refractivity contribution in [2.75, 3.05) is 25.1 Å². The molecule has 6 rings (SSSR count). The maximum Gasteiger partial charge on any atom is 0.296 e. The Morgan fingerprint density at radius 2 is 1.97 bits per heavy atom. The first-order chi connectivity index (χ1) is 15.4. The summed E-state index contributed by atoms with van der Waals surface area (Å²) in [6.07, 6.45) is -1.19. The molecule has 2 aromatic heterocycles. The summed E-state index contributed by atoms with van der Waals surface area (Å²) >= 11 is 10.8. The SMILES string of the molecule is O[C@@H]1CO[C@]2(I)[C@H](Oc3nc4nc(NC5COc6ccccc65)c(Cl)cc4[nH]3)CO[C@]12I. The molecule has 0 radical (unpaired) electrons. The number of halogens is 3. The second-order valence-electron chi connectivity index (χ2n) is 7.81. The summed E-state index contributed by atoms with van der Waals surface area (Å²) in [7, 11) is 0. The van der Waals surface area contributed by atoms with Crippen LogP contribution >= 0.6 is 56.8 Å². The third-order valence-electron chi connectivity index (χ3n) is 5.87. The topological polar surface area (TPSA) is 111 Å². The van der Waals surface area contributed by atoms with Crippen LogP contribution in [0.25, 0.3) is 11.2 Å². The van der Waals surface area contributed by atoms with E-state index in [-0.39, 0.29) is 25.3 Å². The molecular formula is C20H17ClI2N4O5. The lowest BCUT2D eigenvalue weighted by Gasteiger charge is -2.31. The smallest absolute Gasteiger partial charge is 0.296 e. The van der Waals surface area contributed by atoms with Crippen LogP contribution in [0.5, 0.6) is 11.8 Å². The lowest BCUT2D eigenvalue weighted by atomic mass is 10.1. The van der Waals surface area contributed by atoms with Gasteiger partial charge in [0.1, 0.15) is 24.3 Å². The van der Waals surface area contributed by atoms with Crippen LogP contribution in [0, 0.1) is 0 Å². The first kappa shape index (κ1) is 21.4. The molecule has 5 heterocycles. The minimum atomic E-state index is -0.875. The van der Waals surface area contributed by atoms with Gasteiger partial charge in [-0.25, -0.2) is 4.98 Å². The molecule has 3 aliphatic heterocycles. The van der Waals surface area contributed by atoms with Gasteiger partial charge in [0.05, 0.1) is 29.8 Å². The number of H-pyrrole nitrogens is 1. The van der Waals surface area contributed by atoms with E-state index in [0.29, 0.717) is 28.6 Å². The number of rotatable bonds is 4. The number of nitrogens with zero attached hydrogens (tertiary/aromatic N) is 2. The largest absolute Gasteiger partial charge is 0.491 e. The second kappa shape index (κ2) is 7.70. The normalized spacial score (nSPS) is 33.2. The highest BCUT2D eigenvalue weighted by molar-refractivity contribution is 14.1. The summed E-state index contributed by atoms with van der Waals surface area (Å²) in [4.78, 5) is 12.2.